The minimum atomic E-state index is -1.24. The fourth-order valence-electron chi connectivity index (χ4n) is 6.83. The highest BCUT2D eigenvalue weighted by Crippen LogP contribution is 2.36. The van der Waals surface area contributed by atoms with Crippen LogP contribution in [0, 0.1) is 5.92 Å². The van der Waals surface area contributed by atoms with Crippen LogP contribution in [0.3, 0.4) is 0 Å². The van der Waals surface area contributed by atoms with Crippen molar-refractivity contribution in [1.82, 2.24) is 24.8 Å². The Bertz CT molecular complexity index is 1570. The molecule has 0 spiro atoms. The molecule has 1 unspecified atom stereocenters. The number of ether oxygens (including phenoxy) is 3. The zero-order valence-electron chi connectivity index (χ0n) is 27.2. The van der Waals surface area contributed by atoms with E-state index in [0.717, 1.165) is 42.7 Å². The number of rotatable bonds is 9. The predicted molar refractivity (Wildman–Crippen MR) is 178 cm³/mol. The van der Waals surface area contributed by atoms with Gasteiger partial charge >= 0.3 is 0 Å². The van der Waals surface area contributed by atoms with Gasteiger partial charge in [-0.15, -0.1) is 0 Å². The van der Waals surface area contributed by atoms with Gasteiger partial charge in [0, 0.05) is 25.1 Å². The number of nitrogens with one attached hydrogen (secondary N) is 2. The highest BCUT2D eigenvalue weighted by Gasteiger charge is 2.44. The molecule has 15 nitrogen and oxygen atoms in total. The van der Waals surface area contributed by atoms with Gasteiger partial charge in [-0.3, -0.25) is 9.36 Å². The summed E-state index contributed by atoms with van der Waals surface area (Å²) in [5.74, 6) is 2.78. The third-order valence-corrected chi connectivity index (χ3v) is 9.57. The summed E-state index contributed by atoms with van der Waals surface area (Å²) in [5.41, 5.74) is 10.6. The van der Waals surface area contributed by atoms with Crippen molar-refractivity contribution in [2.45, 2.75) is 101 Å². The van der Waals surface area contributed by atoms with Crippen LogP contribution in [-0.4, -0.2) is 91.6 Å². The number of methoxy groups -OCH3 is 1. The first kappa shape index (κ1) is 33.8. The fourth-order valence-corrected chi connectivity index (χ4v) is 6.83. The van der Waals surface area contributed by atoms with Crippen LogP contribution in [0.2, 0.25) is 0 Å². The quantitative estimate of drug-likeness (QED) is 0.144. The monoisotopic (exact) mass is 666 g/mol. The first-order chi connectivity index (χ1) is 23.3. The van der Waals surface area contributed by atoms with Crippen LogP contribution in [-0.2, 0) is 9.53 Å². The second-order valence-electron chi connectivity index (χ2n) is 12.9. The van der Waals surface area contributed by atoms with Crippen molar-refractivity contribution in [3.05, 3.63) is 30.1 Å². The van der Waals surface area contributed by atoms with Crippen molar-refractivity contribution in [2.24, 2.45) is 11.0 Å². The zero-order chi connectivity index (χ0) is 33.6. The lowest BCUT2D eigenvalue weighted by molar-refractivity contribution is -0.119. The number of anilines is 2. The van der Waals surface area contributed by atoms with Gasteiger partial charge in [0.25, 0.3) is 0 Å². The summed E-state index contributed by atoms with van der Waals surface area (Å²) < 4.78 is 18.5. The molecule has 5 atom stereocenters. The second-order valence-corrected chi connectivity index (χ2v) is 12.9. The molecule has 7 N–H and O–H groups in total. The first-order valence-electron chi connectivity index (χ1n) is 16.9. The van der Waals surface area contributed by atoms with E-state index in [1.54, 1.807) is 7.11 Å². The molecule has 1 aromatic carbocycles. The van der Waals surface area contributed by atoms with E-state index in [4.69, 9.17) is 19.9 Å². The molecule has 4 fully saturated rings. The molecular weight excluding hydrogens is 620 g/mol. The van der Waals surface area contributed by atoms with E-state index in [1.807, 2.05) is 24.4 Å². The number of aliphatic hydroxyl groups excluding tert-OH is 3. The van der Waals surface area contributed by atoms with Gasteiger partial charge in [-0.2, -0.15) is 15.1 Å². The lowest BCUT2D eigenvalue weighted by Crippen LogP contribution is -2.33. The summed E-state index contributed by atoms with van der Waals surface area (Å²) in [7, 11) is 1.66. The second kappa shape index (κ2) is 15.4. The first-order valence-corrected chi connectivity index (χ1v) is 16.9. The smallest absolute Gasteiger partial charge is 0.247 e. The minimum absolute atomic E-state index is 0.129. The molecule has 3 aromatic rings. The van der Waals surface area contributed by atoms with Crippen LogP contribution >= 0.6 is 0 Å². The molecule has 2 aromatic heterocycles. The maximum atomic E-state index is 11.3. The number of aliphatic hydroxyl groups is 3. The number of amides is 1. The summed E-state index contributed by atoms with van der Waals surface area (Å²) >= 11 is 0. The van der Waals surface area contributed by atoms with Gasteiger partial charge in [0.15, 0.2) is 29.2 Å². The summed E-state index contributed by atoms with van der Waals surface area (Å²) in [6.45, 7) is 0.301. The number of hydrogen-bond donors (Lipinski definition) is 6. The maximum absolute atomic E-state index is 11.3. The normalized spacial score (nSPS) is 26.5. The van der Waals surface area contributed by atoms with Crippen molar-refractivity contribution >= 4 is 35.1 Å². The number of carbonyl (C=O) groups excluding carboxylic acids is 1. The van der Waals surface area contributed by atoms with Gasteiger partial charge in [-0.1, -0.05) is 25.3 Å². The molecule has 260 valence electrons. The summed E-state index contributed by atoms with van der Waals surface area (Å²) in [5, 5.41) is 36.7. The minimum Gasteiger partial charge on any atom is -0.493 e. The molecular formula is C33H46N8O7. The number of carbonyl (C=O) groups is 1. The SMILES string of the molecule is COc1ccc(C2CNC(=O)C2)cc1OC1CCCC1.Nc1nc(N/N=C/C2CCCCC2)nc2c1ncn2[C@@H]1O[C@H](CO)[C@@H](O)[C@H]1O. The standard InChI is InChI=1S/C17H25N7O4.C16H21NO3/c18-14-11-15(22-17(21-14)23-20-6-9-4-2-1-3-5-9)24(8-19-11)16-13(27)12(26)10(7-25)28-16;1-19-14-7-6-11(12-9-16(18)17-10-12)8-15(14)20-13-4-2-3-5-13/h6,8-10,12-13,16,25-27H,1-5,7H2,(H3,18,21,22,23);6-8,12-13H,2-5,9-10H2,1H3,(H,17,18)/b20-6+;/t10-,12-,13-,16-;/m1./s1. The molecule has 7 rings (SSSR count). The van der Waals surface area contributed by atoms with Crippen LogP contribution in [0.4, 0.5) is 11.8 Å². The van der Waals surface area contributed by atoms with Crippen molar-refractivity contribution in [3.8, 4) is 11.5 Å². The van der Waals surface area contributed by atoms with Crippen molar-refractivity contribution in [2.75, 3.05) is 31.4 Å². The van der Waals surface area contributed by atoms with Crippen LogP contribution in [0.5, 0.6) is 11.5 Å². The van der Waals surface area contributed by atoms with E-state index in [9.17, 15) is 20.1 Å². The van der Waals surface area contributed by atoms with Crippen LogP contribution in [0.1, 0.15) is 81.9 Å². The van der Waals surface area contributed by atoms with Gasteiger partial charge in [0.2, 0.25) is 11.9 Å². The Kier molecular flexibility index (Phi) is 10.9. The highest BCUT2D eigenvalue weighted by atomic mass is 16.6. The molecule has 48 heavy (non-hydrogen) atoms. The Morgan fingerprint density at radius 1 is 1.10 bits per heavy atom. The molecule has 1 amide bonds. The lowest BCUT2D eigenvalue weighted by atomic mass is 9.90. The number of hydrazone groups is 1. The average Bonchev–Trinajstić information content (AvgIpc) is 3.91. The molecule has 4 heterocycles. The number of hydrogen-bond acceptors (Lipinski definition) is 13. The predicted octanol–water partition coefficient (Wildman–Crippen LogP) is 2.62. The molecule has 4 aliphatic rings. The summed E-state index contributed by atoms with van der Waals surface area (Å²) in [4.78, 5) is 24.1. The number of fused-ring (bicyclic) bond motifs is 1. The maximum Gasteiger partial charge on any atom is 0.247 e. The van der Waals surface area contributed by atoms with Crippen molar-refractivity contribution in [3.63, 3.8) is 0 Å². The number of nitrogens with zero attached hydrogens (tertiary/aromatic N) is 5. The van der Waals surface area contributed by atoms with E-state index < -0.39 is 31.1 Å². The number of aromatic nitrogens is 4. The third-order valence-electron chi connectivity index (χ3n) is 9.57. The Morgan fingerprint density at radius 2 is 1.88 bits per heavy atom. The topological polar surface area (TPSA) is 211 Å². The Morgan fingerprint density at radius 3 is 2.56 bits per heavy atom. The molecule has 2 aliphatic carbocycles. The number of imidazole rings is 1. The average molecular weight is 667 g/mol. The molecule has 2 saturated heterocycles. The van der Waals surface area contributed by atoms with E-state index in [1.165, 1.54) is 43.0 Å². The molecule has 0 radical (unpaired) electrons. The van der Waals surface area contributed by atoms with Gasteiger partial charge in [-0.05, 0) is 62.1 Å². The van der Waals surface area contributed by atoms with Gasteiger partial charge in [-0.25, -0.2) is 10.4 Å². The third kappa shape index (κ3) is 7.64. The molecule has 0 bridgehead atoms. The Hall–Kier alpha value is -4.05. The Balaban J connectivity index is 0.000000177. The highest BCUT2D eigenvalue weighted by molar-refractivity contribution is 5.83. The molecule has 2 saturated carbocycles. The lowest BCUT2D eigenvalue weighted by Gasteiger charge is -2.18. The van der Waals surface area contributed by atoms with Crippen LogP contribution in [0.15, 0.2) is 29.6 Å². The Labute approximate surface area is 278 Å². The number of benzene rings is 1. The molecule has 15 heteroatoms. The number of nitrogens with two attached hydrogens (primary N) is 1. The van der Waals surface area contributed by atoms with Crippen LogP contribution < -0.4 is 25.9 Å². The van der Waals surface area contributed by atoms with Crippen molar-refractivity contribution in [1.29, 1.82) is 0 Å². The van der Waals surface area contributed by atoms with Crippen LogP contribution in [0.25, 0.3) is 11.2 Å². The number of nitrogen functional groups attached to an aromatic ring is 1. The van der Waals surface area contributed by atoms with Gasteiger partial charge < -0.3 is 40.6 Å². The van der Waals surface area contributed by atoms with Crippen molar-refractivity contribution < 1.29 is 34.3 Å². The van der Waals surface area contributed by atoms with Gasteiger partial charge in [0.1, 0.15) is 23.8 Å². The molecule has 2 aliphatic heterocycles. The summed E-state index contributed by atoms with van der Waals surface area (Å²) in [6, 6.07) is 6.02. The zero-order valence-corrected chi connectivity index (χ0v) is 27.2. The van der Waals surface area contributed by atoms with E-state index in [2.05, 4.69) is 30.8 Å². The van der Waals surface area contributed by atoms with E-state index in [-0.39, 0.29) is 23.6 Å². The van der Waals surface area contributed by atoms with E-state index >= 15 is 0 Å². The van der Waals surface area contributed by atoms with Gasteiger partial charge in [0.05, 0.1) is 26.1 Å². The fraction of sp³-hybridized carbons (Fsp3) is 0.606. The van der Waals surface area contributed by atoms with E-state index in [0.29, 0.717) is 36.2 Å². The largest absolute Gasteiger partial charge is 0.493 e. The summed E-state index contributed by atoms with van der Waals surface area (Å²) in [6.07, 6.45) is 10.6.